The number of carbonyl (C=O) groups is 1. The van der Waals surface area contributed by atoms with E-state index < -0.39 is 0 Å². The maximum absolute atomic E-state index is 14.3. The third-order valence-electron chi connectivity index (χ3n) is 4.73. The summed E-state index contributed by atoms with van der Waals surface area (Å²) in [4.78, 5) is 12.8. The van der Waals surface area contributed by atoms with E-state index in [4.69, 9.17) is 9.47 Å². The maximum Gasteiger partial charge on any atom is 0.192 e. The van der Waals surface area contributed by atoms with Crippen molar-refractivity contribution >= 4 is 17.5 Å². The zero-order chi connectivity index (χ0) is 20.4. The van der Waals surface area contributed by atoms with Gasteiger partial charge in [0.1, 0.15) is 17.3 Å². The van der Waals surface area contributed by atoms with Gasteiger partial charge in [-0.1, -0.05) is 23.9 Å². The van der Waals surface area contributed by atoms with Crippen LogP contribution in [0.2, 0.25) is 0 Å². The summed E-state index contributed by atoms with van der Waals surface area (Å²) in [6, 6.07) is 11.9. The van der Waals surface area contributed by atoms with Gasteiger partial charge in [-0.2, -0.15) is 0 Å². The predicted molar refractivity (Wildman–Crippen MR) is 108 cm³/mol. The Morgan fingerprint density at radius 3 is 2.66 bits per heavy atom. The number of Topliss-reactive ketones (excluding diaryl/α,β-unsaturated/α-hetero) is 1. The normalized spacial score (nSPS) is 13.3. The third-order valence-corrected chi connectivity index (χ3v) is 5.68. The van der Waals surface area contributed by atoms with Crippen molar-refractivity contribution in [3.05, 3.63) is 53.8 Å². The third kappa shape index (κ3) is 3.98. The Bertz CT molecular complexity index is 1050. The second-order valence-electron chi connectivity index (χ2n) is 6.67. The van der Waals surface area contributed by atoms with Crippen molar-refractivity contribution in [3.8, 4) is 22.9 Å². The number of hydrogen-bond acceptors (Lipinski definition) is 6. The number of hydrogen-bond donors (Lipinski definition) is 0. The molecule has 0 atom stereocenters. The maximum atomic E-state index is 14.3. The van der Waals surface area contributed by atoms with Crippen LogP contribution in [0.4, 0.5) is 4.39 Å². The molecule has 8 heteroatoms. The second kappa shape index (κ2) is 8.24. The first kappa shape index (κ1) is 19.4. The van der Waals surface area contributed by atoms with E-state index in [9.17, 15) is 9.18 Å². The van der Waals surface area contributed by atoms with Gasteiger partial charge in [-0.25, -0.2) is 4.39 Å². The molecule has 6 nitrogen and oxygen atoms in total. The molecule has 3 aromatic rings. The highest BCUT2D eigenvalue weighted by Crippen LogP contribution is 2.41. The summed E-state index contributed by atoms with van der Waals surface area (Å²) in [6.07, 6.45) is 1.99. The fourth-order valence-electron chi connectivity index (χ4n) is 3.10. The molecule has 1 saturated carbocycles. The van der Waals surface area contributed by atoms with E-state index in [1.165, 1.54) is 24.9 Å². The molecule has 0 unspecified atom stereocenters. The van der Waals surface area contributed by atoms with E-state index in [-0.39, 0.29) is 23.4 Å². The van der Waals surface area contributed by atoms with Crippen LogP contribution in [0.5, 0.6) is 11.5 Å². The highest BCUT2D eigenvalue weighted by atomic mass is 32.2. The Balaban J connectivity index is 1.57. The lowest BCUT2D eigenvalue weighted by atomic mass is 10.1. The summed E-state index contributed by atoms with van der Waals surface area (Å²) in [5, 5.41) is 9.07. The topological polar surface area (TPSA) is 66.2 Å². The first-order chi connectivity index (χ1) is 14.1. The summed E-state index contributed by atoms with van der Waals surface area (Å²) in [5.41, 5.74) is 0.898. The predicted octanol–water partition coefficient (Wildman–Crippen LogP) is 4.41. The van der Waals surface area contributed by atoms with Crippen molar-refractivity contribution in [2.45, 2.75) is 24.0 Å². The minimum Gasteiger partial charge on any atom is -0.497 e. The number of aromatic nitrogens is 3. The van der Waals surface area contributed by atoms with Crippen molar-refractivity contribution in [2.75, 3.05) is 20.0 Å². The van der Waals surface area contributed by atoms with Crippen molar-refractivity contribution in [3.63, 3.8) is 0 Å². The minimum absolute atomic E-state index is 0.0905. The van der Waals surface area contributed by atoms with Crippen LogP contribution in [0.1, 0.15) is 29.2 Å². The number of benzene rings is 2. The summed E-state index contributed by atoms with van der Waals surface area (Å²) in [7, 11) is 3.08. The fraction of sp³-hybridized carbons (Fsp3) is 0.286. The number of thioether (sulfide) groups is 1. The van der Waals surface area contributed by atoms with E-state index in [1.54, 1.807) is 43.5 Å². The monoisotopic (exact) mass is 413 g/mol. The lowest BCUT2D eigenvalue weighted by Gasteiger charge is -2.11. The van der Waals surface area contributed by atoms with Crippen molar-refractivity contribution in [1.82, 2.24) is 14.8 Å². The van der Waals surface area contributed by atoms with Crippen LogP contribution in [-0.2, 0) is 0 Å². The SMILES string of the molecule is COc1ccc(C(=O)CSc2nnc(-c3ccccc3F)n2C2CC2)c(OC)c1. The van der Waals surface area contributed by atoms with E-state index >= 15 is 0 Å². The summed E-state index contributed by atoms with van der Waals surface area (Å²) in [5.74, 6) is 1.33. The van der Waals surface area contributed by atoms with E-state index in [0.717, 1.165) is 12.8 Å². The Kier molecular flexibility index (Phi) is 5.53. The molecule has 1 aromatic heterocycles. The van der Waals surface area contributed by atoms with Gasteiger partial charge in [0.15, 0.2) is 16.8 Å². The van der Waals surface area contributed by atoms with Crippen LogP contribution in [0.25, 0.3) is 11.4 Å². The molecular weight excluding hydrogens is 393 g/mol. The lowest BCUT2D eigenvalue weighted by molar-refractivity contribution is 0.101. The smallest absolute Gasteiger partial charge is 0.192 e. The van der Waals surface area contributed by atoms with Crippen LogP contribution in [0, 0.1) is 5.82 Å². The number of ether oxygens (including phenoxy) is 2. The second-order valence-corrected chi connectivity index (χ2v) is 7.61. The lowest BCUT2D eigenvalue weighted by Crippen LogP contribution is -2.07. The first-order valence-corrected chi connectivity index (χ1v) is 10.2. The average molecular weight is 413 g/mol. The van der Waals surface area contributed by atoms with Crippen molar-refractivity contribution in [1.29, 1.82) is 0 Å². The number of methoxy groups -OCH3 is 2. The van der Waals surface area contributed by atoms with Crippen LogP contribution >= 0.6 is 11.8 Å². The summed E-state index contributed by atoms with van der Waals surface area (Å²) < 4.78 is 26.7. The number of nitrogens with zero attached hydrogens (tertiary/aromatic N) is 3. The highest BCUT2D eigenvalue weighted by molar-refractivity contribution is 7.99. The zero-order valence-corrected chi connectivity index (χ0v) is 16.9. The van der Waals surface area contributed by atoms with Gasteiger partial charge in [0.05, 0.1) is 31.1 Å². The molecule has 1 heterocycles. The van der Waals surface area contributed by atoms with Gasteiger partial charge in [-0.3, -0.25) is 9.36 Å². The van der Waals surface area contributed by atoms with Gasteiger partial charge in [0, 0.05) is 12.1 Å². The van der Waals surface area contributed by atoms with Gasteiger partial charge < -0.3 is 9.47 Å². The van der Waals surface area contributed by atoms with Crippen molar-refractivity contribution < 1.29 is 18.7 Å². The fourth-order valence-corrected chi connectivity index (χ4v) is 3.99. The van der Waals surface area contributed by atoms with E-state index in [2.05, 4.69) is 10.2 Å². The van der Waals surface area contributed by atoms with Crippen LogP contribution in [0.15, 0.2) is 47.6 Å². The van der Waals surface area contributed by atoms with Gasteiger partial charge >= 0.3 is 0 Å². The Labute approximate surface area is 172 Å². The highest BCUT2D eigenvalue weighted by Gasteiger charge is 2.31. The Morgan fingerprint density at radius 1 is 1.17 bits per heavy atom. The minimum atomic E-state index is -0.336. The Hall–Kier alpha value is -2.87. The van der Waals surface area contributed by atoms with E-state index in [1.807, 2.05) is 4.57 Å². The standard InChI is InChI=1S/C21H20FN3O3S/c1-27-14-9-10-16(19(11-14)28-2)18(26)12-29-21-24-23-20(25(21)13-7-8-13)15-5-3-4-6-17(15)22/h3-6,9-11,13H,7-8,12H2,1-2H3. The molecule has 0 aliphatic heterocycles. The largest absolute Gasteiger partial charge is 0.497 e. The molecule has 1 fully saturated rings. The molecular formula is C21H20FN3O3S. The molecule has 0 spiro atoms. The molecule has 150 valence electrons. The quantitative estimate of drug-likeness (QED) is 0.403. The van der Waals surface area contributed by atoms with Gasteiger partial charge in [-0.05, 0) is 37.1 Å². The molecule has 0 N–H and O–H groups in total. The zero-order valence-electron chi connectivity index (χ0n) is 16.1. The summed E-state index contributed by atoms with van der Waals surface area (Å²) >= 11 is 1.30. The summed E-state index contributed by atoms with van der Waals surface area (Å²) in [6.45, 7) is 0. The van der Waals surface area contributed by atoms with Crippen molar-refractivity contribution in [2.24, 2.45) is 0 Å². The van der Waals surface area contributed by atoms with Gasteiger partial charge in [0.25, 0.3) is 0 Å². The Morgan fingerprint density at radius 2 is 1.97 bits per heavy atom. The molecule has 0 amide bonds. The number of carbonyl (C=O) groups excluding carboxylic acids is 1. The number of ketones is 1. The molecule has 1 aliphatic carbocycles. The van der Waals surface area contributed by atoms with Crippen LogP contribution in [0.3, 0.4) is 0 Å². The van der Waals surface area contributed by atoms with Gasteiger partial charge in [0.2, 0.25) is 0 Å². The average Bonchev–Trinajstić information content (AvgIpc) is 3.51. The van der Waals surface area contributed by atoms with Gasteiger partial charge in [-0.15, -0.1) is 10.2 Å². The number of halogens is 1. The first-order valence-electron chi connectivity index (χ1n) is 9.20. The van der Waals surface area contributed by atoms with Crippen LogP contribution < -0.4 is 9.47 Å². The molecule has 0 radical (unpaired) electrons. The molecule has 4 rings (SSSR count). The molecule has 0 bridgehead atoms. The van der Waals surface area contributed by atoms with E-state index in [0.29, 0.717) is 33.6 Å². The molecule has 1 aliphatic rings. The molecule has 0 saturated heterocycles. The number of rotatable bonds is 8. The van der Waals surface area contributed by atoms with Crippen LogP contribution in [-0.4, -0.2) is 40.5 Å². The molecule has 2 aromatic carbocycles. The molecule has 29 heavy (non-hydrogen) atoms.